The molecule has 1 aromatic heterocycles. The summed E-state index contributed by atoms with van der Waals surface area (Å²) < 4.78 is 0. The Morgan fingerprint density at radius 2 is 1.70 bits per heavy atom. The molecular formula is C13H11ClN4OS. The monoisotopic (exact) mass is 306 g/mol. The molecule has 7 heteroatoms. The van der Waals surface area contributed by atoms with Crippen LogP contribution in [0.4, 0.5) is 11.4 Å². The van der Waals surface area contributed by atoms with Crippen LogP contribution in [0.5, 0.6) is 0 Å². The lowest BCUT2D eigenvalue weighted by Gasteiger charge is -2.10. The summed E-state index contributed by atoms with van der Waals surface area (Å²) in [7, 11) is 0. The average molecular weight is 307 g/mol. The van der Waals surface area contributed by atoms with Gasteiger partial charge in [0.15, 0.2) is 5.11 Å². The zero-order valence-corrected chi connectivity index (χ0v) is 11.8. The van der Waals surface area contributed by atoms with Gasteiger partial charge in [-0.25, -0.2) is 4.98 Å². The third kappa shape index (κ3) is 3.91. The van der Waals surface area contributed by atoms with E-state index in [1.54, 1.807) is 42.6 Å². The number of nitrogens with two attached hydrogens (primary N) is 1. The quantitative estimate of drug-likeness (QED) is 0.600. The number of hydrogen-bond acceptors (Lipinski definition) is 3. The highest BCUT2D eigenvalue weighted by atomic mass is 35.5. The molecule has 0 unspecified atom stereocenters. The van der Waals surface area contributed by atoms with Crippen LogP contribution in [0, 0.1) is 0 Å². The van der Waals surface area contributed by atoms with Crippen LogP contribution in [0.3, 0.4) is 0 Å². The minimum Gasteiger partial charge on any atom is -0.366 e. The van der Waals surface area contributed by atoms with Gasteiger partial charge >= 0.3 is 0 Å². The summed E-state index contributed by atoms with van der Waals surface area (Å²) in [6.45, 7) is 0. The van der Waals surface area contributed by atoms with Crippen molar-refractivity contribution in [3.8, 4) is 0 Å². The smallest absolute Gasteiger partial charge is 0.248 e. The zero-order chi connectivity index (χ0) is 14.5. The molecule has 20 heavy (non-hydrogen) atoms. The van der Waals surface area contributed by atoms with Gasteiger partial charge in [-0.2, -0.15) is 0 Å². The minimum atomic E-state index is -0.468. The lowest BCUT2D eigenvalue weighted by atomic mass is 10.2. The second-order valence-electron chi connectivity index (χ2n) is 3.89. The third-order valence-electron chi connectivity index (χ3n) is 2.41. The predicted molar refractivity (Wildman–Crippen MR) is 84.1 cm³/mol. The van der Waals surface area contributed by atoms with Gasteiger partial charge in [0.25, 0.3) is 0 Å². The fourth-order valence-electron chi connectivity index (χ4n) is 1.46. The molecule has 1 amide bonds. The third-order valence-corrected chi connectivity index (χ3v) is 2.84. The summed E-state index contributed by atoms with van der Waals surface area (Å²) >= 11 is 10.9. The first-order valence-corrected chi connectivity index (χ1v) is 6.42. The number of primary amides is 1. The molecule has 0 aliphatic rings. The Balaban J connectivity index is 1.97. The maximum atomic E-state index is 10.9. The second-order valence-corrected chi connectivity index (χ2v) is 4.69. The Hall–Kier alpha value is -2.18. The maximum absolute atomic E-state index is 10.9. The molecule has 102 valence electrons. The van der Waals surface area contributed by atoms with E-state index < -0.39 is 5.91 Å². The normalized spacial score (nSPS) is 9.85. The average Bonchev–Trinajstić information content (AvgIpc) is 2.42. The van der Waals surface area contributed by atoms with E-state index in [0.717, 1.165) is 11.4 Å². The number of nitrogens with zero attached hydrogens (tertiary/aromatic N) is 1. The standard InChI is InChI=1S/C13H11ClN4OS/c14-11-6-5-10(7-16-11)18-13(20)17-9-3-1-8(2-4-9)12(15)19/h1-7H,(H2,15,19)(H2,17,18,20). The summed E-state index contributed by atoms with van der Waals surface area (Å²) in [6.07, 6.45) is 1.58. The Morgan fingerprint density at radius 3 is 2.25 bits per heavy atom. The molecular weight excluding hydrogens is 296 g/mol. The van der Waals surface area contributed by atoms with Crippen LogP contribution in [-0.2, 0) is 0 Å². The van der Waals surface area contributed by atoms with Crippen molar-refractivity contribution in [1.82, 2.24) is 4.98 Å². The summed E-state index contributed by atoms with van der Waals surface area (Å²) in [5.74, 6) is -0.468. The molecule has 5 nitrogen and oxygen atoms in total. The molecule has 1 aromatic carbocycles. The van der Waals surface area contributed by atoms with E-state index >= 15 is 0 Å². The lowest BCUT2D eigenvalue weighted by Crippen LogP contribution is -2.19. The molecule has 0 radical (unpaired) electrons. The molecule has 0 fully saturated rings. The minimum absolute atomic E-state index is 0.404. The van der Waals surface area contributed by atoms with Crippen LogP contribution in [0.25, 0.3) is 0 Å². The molecule has 0 aliphatic heterocycles. The van der Waals surface area contributed by atoms with Crippen molar-refractivity contribution >= 4 is 46.2 Å². The van der Waals surface area contributed by atoms with E-state index in [2.05, 4.69) is 15.6 Å². The topological polar surface area (TPSA) is 80.0 Å². The second kappa shape index (κ2) is 6.31. The Bertz CT molecular complexity index is 628. The number of pyridine rings is 1. The Labute approximate surface area is 126 Å². The van der Waals surface area contributed by atoms with E-state index in [1.807, 2.05) is 0 Å². The molecule has 0 saturated heterocycles. The van der Waals surface area contributed by atoms with Gasteiger partial charge in [-0.1, -0.05) is 11.6 Å². The first-order chi connectivity index (χ1) is 9.54. The number of carbonyl (C=O) groups excluding carboxylic acids is 1. The number of hydrogen-bond donors (Lipinski definition) is 3. The zero-order valence-electron chi connectivity index (χ0n) is 10.3. The van der Waals surface area contributed by atoms with Crippen LogP contribution in [0.15, 0.2) is 42.6 Å². The van der Waals surface area contributed by atoms with E-state index in [0.29, 0.717) is 15.8 Å². The highest BCUT2D eigenvalue weighted by Gasteiger charge is 2.02. The van der Waals surface area contributed by atoms with E-state index in [4.69, 9.17) is 29.6 Å². The fourth-order valence-corrected chi connectivity index (χ4v) is 1.81. The van der Waals surface area contributed by atoms with Gasteiger partial charge in [0.1, 0.15) is 5.15 Å². The number of amides is 1. The SMILES string of the molecule is NC(=O)c1ccc(NC(=S)Nc2ccc(Cl)nc2)cc1. The number of nitrogens with one attached hydrogen (secondary N) is 2. The molecule has 0 atom stereocenters. The van der Waals surface area contributed by atoms with Gasteiger partial charge < -0.3 is 16.4 Å². The molecule has 1 heterocycles. The first-order valence-electron chi connectivity index (χ1n) is 5.64. The van der Waals surface area contributed by atoms with Gasteiger partial charge in [0.05, 0.1) is 11.9 Å². The number of thiocarbonyl (C=S) groups is 1. The fraction of sp³-hybridized carbons (Fsp3) is 0. The molecule has 4 N–H and O–H groups in total. The summed E-state index contributed by atoms with van der Waals surface area (Å²) in [6, 6.07) is 10.1. The largest absolute Gasteiger partial charge is 0.366 e. The molecule has 0 aliphatic carbocycles. The van der Waals surface area contributed by atoms with Crippen molar-refractivity contribution in [3.63, 3.8) is 0 Å². The molecule has 2 aromatic rings. The van der Waals surface area contributed by atoms with Crippen LogP contribution < -0.4 is 16.4 Å². The number of aromatic nitrogens is 1. The van der Waals surface area contributed by atoms with Crippen LogP contribution in [0.2, 0.25) is 5.15 Å². The highest BCUT2D eigenvalue weighted by molar-refractivity contribution is 7.80. The molecule has 2 rings (SSSR count). The van der Waals surface area contributed by atoms with Crippen LogP contribution in [-0.4, -0.2) is 16.0 Å². The van der Waals surface area contributed by atoms with Crippen molar-refractivity contribution in [2.24, 2.45) is 5.73 Å². The van der Waals surface area contributed by atoms with E-state index in [1.165, 1.54) is 0 Å². The summed E-state index contributed by atoms with van der Waals surface area (Å²) in [4.78, 5) is 14.9. The summed E-state index contributed by atoms with van der Waals surface area (Å²) in [5.41, 5.74) is 7.07. The predicted octanol–water partition coefficient (Wildman–Crippen LogP) is 2.64. The number of anilines is 2. The summed E-state index contributed by atoms with van der Waals surface area (Å²) in [5, 5.41) is 6.76. The van der Waals surface area contributed by atoms with Gasteiger partial charge in [-0.15, -0.1) is 0 Å². The molecule has 0 spiro atoms. The van der Waals surface area contributed by atoms with Crippen LogP contribution in [0.1, 0.15) is 10.4 Å². The Kier molecular flexibility index (Phi) is 4.49. The number of rotatable bonds is 3. The maximum Gasteiger partial charge on any atom is 0.248 e. The lowest BCUT2D eigenvalue weighted by molar-refractivity contribution is 0.100. The van der Waals surface area contributed by atoms with Gasteiger partial charge in [0, 0.05) is 11.3 Å². The van der Waals surface area contributed by atoms with Crippen molar-refractivity contribution in [3.05, 3.63) is 53.3 Å². The van der Waals surface area contributed by atoms with Crippen molar-refractivity contribution in [2.45, 2.75) is 0 Å². The number of benzene rings is 1. The van der Waals surface area contributed by atoms with Crippen molar-refractivity contribution in [1.29, 1.82) is 0 Å². The van der Waals surface area contributed by atoms with E-state index in [-0.39, 0.29) is 0 Å². The number of halogens is 1. The van der Waals surface area contributed by atoms with Gasteiger partial charge in [-0.3, -0.25) is 4.79 Å². The Morgan fingerprint density at radius 1 is 1.10 bits per heavy atom. The van der Waals surface area contributed by atoms with Gasteiger partial charge in [-0.05, 0) is 48.6 Å². The van der Waals surface area contributed by atoms with Gasteiger partial charge in [0.2, 0.25) is 5.91 Å². The van der Waals surface area contributed by atoms with Crippen molar-refractivity contribution in [2.75, 3.05) is 10.6 Å². The molecule has 0 saturated carbocycles. The van der Waals surface area contributed by atoms with E-state index in [9.17, 15) is 4.79 Å². The van der Waals surface area contributed by atoms with Crippen molar-refractivity contribution < 1.29 is 4.79 Å². The highest BCUT2D eigenvalue weighted by Crippen LogP contribution is 2.12. The first kappa shape index (κ1) is 14.2. The molecule has 0 bridgehead atoms. The number of carbonyl (C=O) groups is 1. The van der Waals surface area contributed by atoms with Crippen LogP contribution >= 0.6 is 23.8 Å².